The first-order chi connectivity index (χ1) is 10.1. The van der Waals surface area contributed by atoms with Crippen molar-refractivity contribution in [1.82, 2.24) is 14.7 Å². The molecule has 8 heteroatoms. The van der Waals surface area contributed by atoms with Crippen LogP contribution in [0.25, 0.3) is 11.0 Å². The fraction of sp³-hybridized carbons (Fsp3) is 0.462. The molecule has 0 bridgehead atoms. The summed E-state index contributed by atoms with van der Waals surface area (Å²) in [5, 5.41) is 10.1. The summed E-state index contributed by atoms with van der Waals surface area (Å²) >= 11 is 0. The highest BCUT2D eigenvalue weighted by Crippen LogP contribution is 2.26. The Labute approximate surface area is 122 Å². The molecule has 0 aromatic carbocycles. The normalized spacial score (nSPS) is 18.9. The molecular weight excluding hydrogens is 294 g/mol. The molecule has 2 aromatic rings. The van der Waals surface area contributed by atoms with Crippen LogP contribution in [-0.2, 0) is 14.8 Å². The van der Waals surface area contributed by atoms with Gasteiger partial charge in [0, 0.05) is 31.0 Å². The minimum atomic E-state index is -3.75. The Morgan fingerprint density at radius 3 is 2.90 bits per heavy atom. The van der Waals surface area contributed by atoms with Crippen molar-refractivity contribution in [3.05, 3.63) is 24.5 Å². The van der Waals surface area contributed by atoms with E-state index in [2.05, 4.69) is 14.7 Å². The molecule has 1 aliphatic rings. The summed E-state index contributed by atoms with van der Waals surface area (Å²) < 4.78 is 33.1. The number of aliphatic hydroxyl groups excluding tert-OH is 1. The number of ether oxygens (including phenoxy) is 1. The molecule has 0 radical (unpaired) electrons. The van der Waals surface area contributed by atoms with E-state index in [1.54, 1.807) is 18.3 Å². The number of pyridine rings is 1. The van der Waals surface area contributed by atoms with Crippen molar-refractivity contribution < 1.29 is 18.3 Å². The lowest BCUT2D eigenvalue weighted by molar-refractivity contribution is 0.0223. The third kappa shape index (κ3) is 2.67. The van der Waals surface area contributed by atoms with Crippen LogP contribution >= 0.6 is 0 Å². The summed E-state index contributed by atoms with van der Waals surface area (Å²) in [6, 6.07) is 3.38. The van der Waals surface area contributed by atoms with Gasteiger partial charge in [0.25, 0.3) is 0 Å². The Morgan fingerprint density at radius 2 is 2.19 bits per heavy atom. The van der Waals surface area contributed by atoms with Crippen molar-refractivity contribution in [2.45, 2.75) is 23.3 Å². The second-order valence-electron chi connectivity index (χ2n) is 5.21. The lowest BCUT2D eigenvalue weighted by Crippen LogP contribution is -2.54. The Hall–Kier alpha value is -1.48. The fourth-order valence-corrected chi connectivity index (χ4v) is 4.16. The summed E-state index contributed by atoms with van der Waals surface area (Å²) in [5.41, 5.74) is -0.342. The van der Waals surface area contributed by atoms with Crippen LogP contribution in [0.5, 0.6) is 0 Å². The third-order valence-corrected chi connectivity index (χ3v) is 5.42. The van der Waals surface area contributed by atoms with Gasteiger partial charge in [-0.05, 0) is 25.0 Å². The van der Waals surface area contributed by atoms with Crippen LogP contribution in [0.2, 0.25) is 0 Å². The van der Waals surface area contributed by atoms with E-state index < -0.39 is 15.6 Å². The molecule has 2 aromatic heterocycles. The molecule has 0 atom stereocenters. The van der Waals surface area contributed by atoms with Crippen LogP contribution in [0, 0.1) is 0 Å². The smallest absolute Gasteiger partial charge is 0.243 e. The standard InChI is InChI=1S/C13H17N3O4S/c17-9-13(3-6-20-7-4-13)16-21(18,19)11-8-15-12-10(11)2-1-5-14-12/h1-2,5,8,16-17H,3-4,6-7,9H2,(H,14,15). The zero-order valence-corrected chi connectivity index (χ0v) is 12.2. The summed E-state index contributed by atoms with van der Waals surface area (Å²) in [6.07, 6.45) is 3.91. The summed E-state index contributed by atoms with van der Waals surface area (Å²) in [6.45, 7) is 0.604. The largest absolute Gasteiger partial charge is 0.394 e. The monoisotopic (exact) mass is 311 g/mol. The van der Waals surface area contributed by atoms with Gasteiger partial charge in [-0.15, -0.1) is 0 Å². The van der Waals surface area contributed by atoms with Crippen molar-refractivity contribution in [3.63, 3.8) is 0 Å². The Morgan fingerprint density at radius 1 is 1.43 bits per heavy atom. The highest BCUT2D eigenvalue weighted by Gasteiger charge is 2.37. The Kier molecular flexibility index (Phi) is 3.70. The maximum absolute atomic E-state index is 12.6. The Balaban J connectivity index is 1.96. The van der Waals surface area contributed by atoms with Crippen molar-refractivity contribution in [2.75, 3.05) is 19.8 Å². The number of fused-ring (bicyclic) bond motifs is 1. The molecule has 3 heterocycles. The minimum absolute atomic E-state index is 0.143. The molecule has 0 unspecified atom stereocenters. The quantitative estimate of drug-likeness (QED) is 0.757. The van der Waals surface area contributed by atoms with Crippen LogP contribution < -0.4 is 4.72 Å². The van der Waals surface area contributed by atoms with Crippen LogP contribution in [0.4, 0.5) is 0 Å². The number of nitrogens with zero attached hydrogens (tertiary/aromatic N) is 1. The summed E-state index contributed by atoms with van der Waals surface area (Å²) in [7, 11) is -3.75. The molecule has 1 aliphatic heterocycles. The predicted molar refractivity (Wildman–Crippen MR) is 76.3 cm³/mol. The number of sulfonamides is 1. The average molecular weight is 311 g/mol. The summed E-state index contributed by atoms with van der Waals surface area (Å²) in [4.78, 5) is 7.07. The molecule has 0 amide bonds. The van der Waals surface area contributed by atoms with Crippen molar-refractivity contribution >= 4 is 21.1 Å². The first-order valence-corrected chi connectivity index (χ1v) is 8.19. The number of aromatic nitrogens is 2. The fourth-order valence-electron chi connectivity index (χ4n) is 2.55. The third-order valence-electron chi connectivity index (χ3n) is 3.81. The highest BCUT2D eigenvalue weighted by molar-refractivity contribution is 7.89. The molecule has 3 rings (SSSR count). The molecule has 0 spiro atoms. The van der Waals surface area contributed by atoms with Gasteiger partial charge >= 0.3 is 0 Å². The van der Waals surface area contributed by atoms with E-state index in [0.29, 0.717) is 37.1 Å². The predicted octanol–water partition coefficient (Wildman–Crippen LogP) is 0.383. The van der Waals surface area contributed by atoms with Crippen LogP contribution in [-0.4, -0.2) is 48.9 Å². The van der Waals surface area contributed by atoms with Gasteiger partial charge in [-0.25, -0.2) is 18.1 Å². The van der Waals surface area contributed by atoms with Gasteiger partial charge in [-0.3, -0.25) is 0 Å². The van der Waals surface area contributed by atoms with Crippen molar-refractivity contribution in [2.24, 2.45) is 0 Å². The van der Waals surface area contributed by atoms with E-state index in [1.165, 1.54) is 6.20 Å². The van der Waals surface area contributed by atoms with E-state index in [0.717, 1.165) is 0 Å². The average Bonchev–Trinajstić information content (AvgIpc) is 2.92. The van der Waals surface area contributed by atoms with Crippen LogP contribution in [0.1, 0.15) is 12.8 Å². The van der Waals surface area contributed by atoms with Gasteiger partial charge < -0.3 is 14.8 Å². The maximum Gasteiger partial charge on any atom is 0.243 e. The van der Waals surface area contributed by atoms with E-state index in [4.69, 9.17) is 4.74 Å². The van der Waals surface area contributed by atoms with Gasteiger partial charge in [0.15, 0.2) is 0 Å². The first-order valence-electron chi connectivity index (χ1n) is 6.71. The second kappa shape index (κ2) is 5.38. The first kappa shape index (κ1) is 14.5. The highest BCUT2D eigenvalue weighted by atomic mass is 32.2. The van der Waals surface area contributed by atoms with E-state index in [1.807, 2.05) is 0 Å². The maximum atomic E-state index is 12.6. The van der Waals surface area contributed by atoms with Gasteiger partial charge in [-0.2, -0.15) is 0 Å². The molecule has 21 heavy (non-hydrogen) atoms. The van der Waals surface area contributed by atoms with E-state index in [9.17, 15) is 13.5 Å². The number of aromatic amines is 1. The summed E-state index contributed by atoms with van der Waals surface area (Å²) in [5.74, 6) is 0. The van der Waals surface area contributed by atoms with E-state index in [-0.39, 0.29) is 11.5 Å². The minimum Gasteiger partial charge on any atom is -0.394 e. The topological polar surface area (TPSA) is 104 Å². The van der Waals surface area contributed by atoms with Gasteiger partial charge in [0.2, 0.25) is 10.0 Å². The lowest BCUT2D eigenvalue weighted by Gasteiger charge is -2.35. The number of hydrogen-bond donors (Lipinski definition) is 3. The second-order valence-corrected chi connectivity index (χ2v) is 6.86. The molecular formula is C13H17N3O4S. The molecule has 7 nitrogen and oxygen atoms in total. The zero-order valence-electron chi connectivity index (χ0n) is 11.4. The van der Waals surface area contributed by atoms with Crippen LogP contribution in [0.3, 0.4) is 0 Å². The Bertz CT molecular complexity index is 735. The number of H-pyrrole nitrogens is 1. The van der Waals surface area contributed by atoms with Crippen molar-refractivity contribution in [1.29, 1.82) is 0 Å². The van der Waals surface area contributed by atoms with Gasteiger partial charge in [0.05, 0.1) is 12.1 Å². The lowest BCUT2D eigenvalue weighted by atomic mass is 9.93. The van der Waals surface area contributed by atoms with Crippen LogP contribution in [0.15, 0.2) is 29.4 Å². The molecule has 1 fully saturated rings. The number of hydrogen-bond acceptors (Lipinski definition) is 5. The zero-order chi connectivity index (χ0) is 14.9. The molecule has 114 valence electrons. The van der Waals surface area contributed by atoms with Gasteiger partial charge in [0.1, 0.15) is 10.5 Å². The number of aliphatic hydroxyl groups is 1. The molecule has 1 saturated heterocycles. The molecule has 3 N–H and O–H groups in total. The SMILES string of the molecule is O=S(=O)(NC1(CO)CCOCC1)c1c[nH]c2ncccc12. The number of nitrogens with one attached hydrogen (secondary N) is 2. The number of rotatable bonds is 4. The van der Waals surface area contributed by atoms with Gasteiger partial charge in [-0.1, -0.05) is 0 Å². The van der Waals surface area contributed by atoms with Crippen molar-refractivity contribution in [3.8, 4) is 0 Å². The van der Waals surface area contributed by atoms with E-state index >= 15 is 0 Å². The molecule has 0 aliphatic carbocycles. The molecule has 0 saturated carbocycles.